The summed E-state index contributed by atoms with van der Waals surface area (Å²) in [5.41, 5.74) is 1.60. The number of fused-ring (bicyclic) bond motifs is 2. The number of anilines is 1. The fraction of sp³-hybridized carbons (Fsp3) is 0.286. The standard InChI is InChI=1S/C42H42N4O6/c1-5-29-23-42(29,41(49)50)45-39(47)36-21-32(24-46(36)40(48)38(25(2)3)43-30-16-15-26-11-9-10-14-28(26)19-30)52-37-22-34(27-12-7-6-8-13-27)44-35-20-31(51-4)17-18-33(35)37/h5-20,22,25,29,32,36,38,43H,1,21,23-24H2,2-4H3,(H,45,47)(H,49,50)/t29-,32+,36-,38-,42?/m0/s1. The summed E-state index contributed by atoms with van der Waals surface area (Å²) in [4.78, 5) is 47.5. The zero-order valence-corrected chi connectivity index (χ0v) is 29.4. The molecule has 5 atom stereocenters. The van der Waals surface area contributed by atoms with E-state index in [0.717, 1.165) is 27.4 Å². The number of carbonyl (C=O) groups is 3. The number of aromatic nitrogens is 1. The molecule has 0 bridgehead atoms. The summed E-state index contributed by atoms with van der Waals surface area (Å²) >= 11 is 0. The van der Waals surface area contributed by atoms with Crippen molar-refractivity contribution in [2.45, 2.75) is 50.4 Å². The summed E-state index contributed by atoms with van der Waals surface area (Å²) in [6.07, 6.45) is 1.37. The first kappa shape index (κ1) is 34.5. The molecule has 10 heteroatoms. The topological polar surface area (TPSA) is 130 Å². The second-order valence-electron chi connectivity index (χ2n) is 14.0. The van der Waals surface area contributed by atoms with E-state index < -0.39 is 41.5 Å². The highest BCUT2D eigenvalue weighted by Crippen LogP contribution is 2.45. The molecule has 52 heavy (non-hydrogen) atoms. The molecule has 10 nitrogen and oxygen atoms in total. The van der Waals surface area contributed by atoms with Gasteiger partial charge in [0.2, 0.25) is 11.8 Å². The van der Waals surface area contributed by atoms with Crippen LogP contribution < -0.4 is 20.1 Å². The van der Waals surface area contributed by atoms with Crippen molar-refractivity contribution in [3.8, 4) is 22.8 Å². The van der Waals surface area contributed by atoms with Crippen LogP contribution >= 0.6 is 0 Å². The molecule has 0 spiro atoms. The quantitative estimate of drug-likeness (QED) is 0.123. The highest BCUT2D eigenvalue weighted by atomic mass is 16.5. The fourth-order valence-electron chi connectivity index (χ4n) is 7.18. The number of hydrogen-bond donors (Lipinski definition) is 3. The Bertz CT molecular complexity index is 2170. The third-order valence-electron chi connectivity index (χ3n) is 10.2. The monoisotopic (exact) mass is 698 g/mol. The van der Waals surface area contributed by atoms with Gasteiger partial charge in [-0.05, 0) is 47.4 Å². The van der Waals surface area contributed by atoms with Crippen LogP contribution in [-0.2, 0) is 14.4 Å². The lowest BCUT2D eigenvalue weighted by atomic mass is 10.0. The number of methoxy groups -OCH3 is 1. The molecule has 2 amide bonds. The molecule has 1 saturated carbocycles. The zero-order chi connectivity index (χ0) is 36.6. The molecular weight excluding hydrogens is 656 g/mol. The first-order valence-corrected chi connectivity index (χ1v) is 17.5. The number of carbonyl (C=O) groups excluding carboxylic acids is 2. The van der Waals surface area contributed by atoms with Gasteiger partial charge in [-0.25, -0.2) is 9.78 Å². The molecule has 7 rings (SSSR count). The van der Waals surface area contributed by atoms with Gasteiger partial charge in [-0.2, -0.15) is 0 Å². The van der Waals surface area contributed by atoms with Gasteiger partial charge in [-0.15, -0.1) is 6.58 Å². The van der Waals surface area contributed by atoms with Gasteiger partial charge in [0.1, 0.15) is 35.2 Å². The molecule has 266 valence electrons. The smallest absolute Gasteiger partial charge is 0.330 e. The Balaban J connectivity index is 1.22. The Morgan fingerprint density at radius 2 is 1.73 bits per heavy atom. The van der Waals surface area contributed by atoms with Crippen molar-refractivity contribution in [3.05, 3.63) is 110 Å². The lowest BCUT2D eigenvalue weighted by Crippen LogP contribution is -2.55. The number of nitrogens with zero attached hydrogens (tertiary/aromatic N) is 2. The summed E-state index contributed by atoms with van der Waals surface area (Å²) < 4.78 is 12.2. The van der Waals surface area contributed by atoms with Crippen molar-refractivity contribution in [1.82, 2.24) is 15.2 Å². The molecule has 1 aliphatic heterocycles. The summed E-state index contributed by atoms with van der Waals surface area (Å²) in [6, 6.07) is 29.5. The zero-order valence-electron chi connectivity index (χ0n) is 29.4. The SMILES string of the molecule is C=C[C@H]1CC1(NC(=O)[C@@H]1C[C@@H](Oc2cc(-c3ccccc3)nc3cc(OC)ccc23)CN1C(=O)[C@@H](Nc1ccc2ccccc2c1)C(C)C)C(=O)O. The van der Waals surface area contributed by atoms with E-state index in [2.05, 4.69) is 17.2 Å². The second-order valence-corrected chi connectivity index (χ2v) is 14.0. The molecule has 0 radical (unpaired) electrons. The Hall–Kier alpha value is -5.90. The first-order valence-electron chi connectivity index (χ1n) is 17.5. The van der Waals surface area contributed by atoms with Crippen molar-refractivity contribution in [2.75, 3.05) is 19.0 Å². The van der Waals surface area contributed by atoms with Gasteiger partial charge >= 0.3 is 5.97 Å². The molecule has 5 aromatic rings. The number of aliphatic carboxylic acids is 1. The summed E-state index contributed by atoms with van der Waals surface area (Å²) in [7, 11) is 1.60. The largest absolute Gasteiger partial charge is 0.497 e. The van der Waals surface area contributed by atoms with Gasteiger partial charge in [-0.3, -0.25) is 9.59 Å². The number of hydrogen-bond acceptors (Lipinski definition) is 7. The molecule has 1 aliphatic carbocycles. The van der Waals surface area contributed by atoms with Gasteiger partial charge in [0.05, 0.1) is 24.9 Å². The van der Waals surface area contributed by atoms with E-state index in [4.69, 9.17) is 14.5 Å². The fourth-order valence-corrected chi connectivity index (χ4v) is 7.18. The minimum Gasteiger partial charge on any atom is -0.497 e. The highest BCUT2D eigenvalue weighted by Gasteiger charge is 2.61. The third kappa shape index (κ3) is 6.64. The van der Waals surface area contributed by atoms with Crippen molar-refractivity contribution >= 4 is 45.1 Å². The average molecular weight is 699 g/mol. The van der Waals surface area contributed by atoms with Gasteiger partial charge in [-0.1, -0.05) is 80.6 Å². The number of nitrogens with one attached hydrogen (secondary N) is 2. The van der Waals surface area contributed by atoms with E-state index in [9.17, 15) is 19.5 Å². The van der Waals surface area contributed by atoms with Crippen LogP contribution in [0.1, 0.15) is 26.7 Å². The Morgan fingerprint density at radius 3 is 2.42 bits per heavy atom. The van der Waals surface area contributed by atoms with E-state index >= 15 is 0 Å². The van der Waals surface area contributed by atoms with Crippen molar-refractivity contribution < 1.29 is 29.0 Å². The predicted molar refractivity (Wildman–Crippen MR) is 201 cm³/mol. The van der Waals surface area contributed by atoms with Crippen molar-refractivity contribution in [3.63, 3.8) is 0 Å². The normalized spacial score (nSPS) is 21.5. The van der Waals surface area contributed by atoms with Crippen molar-refractivity contribution in [1.29, 1.82) is 0 Å². The highest BCUT2D eigenvalue weighted by molar-refractivity contribution is 5.96. The van der Waals surface area contributed by atoms with E-state index in [-0.39, 0.29) is 31.2 Å². The molecule has 1 unspecified atom stereocenters. The number of carboxylic acids is 1. The van der Waals surface area contributed by atoms with Crippen LogP contribution in [0.25, 0.3) is 32.9 Å². The number of likely N-dealkylation sites (tertiary alicyclic amines) is 1. The Morgan fingerprint density at radius 1 is 0.981 bits per heavy atom. The van der Waals surface area contributed by atoms with Crippen LogP contribution in [0.5, 0.6) is 11.5 Å². The second kappa shape index (κ2) is 14.0. The number of benzene rings is 4. The average Bonchev–Trinajstić information content (AvgIpc) is 3.72. The molecule has 2 fully saturated rings. The maximum atomic E-state index is 14.6. The van der Waals surface area contributed by atoms with Crippen LogP contribution in [0.3, 0.4) is 0 Å². The number of carboxylic acid groups (broad SMARTS) is 1. The van der Waals surface area contributed by atoms with Gasteiger partial charge in [0, 0.05) is 41.1 Å². The van der Waals surface area contributed by atoms with Crippen LogP contribution in [0.15, 0.2) is 110 Å². The van der Waals surface area contributed by atoms with E-state index in [0.29, 0.717) is 22.7 Å². The summed E-state index contributed by atoms with van der Waals surface area (Å²) in [6.45, 7) is 7.78. The van der Waals surface area contributed by atoms with Crippen LogP contribution in [0.4, 0.5) is 5.69 Å². The molecule has 1 saturated heterocycles. The van der Waals surface area contributed by atoms with E-state index in [1.165, 1.54) is 0 Å². The molecule has 4 aromatic carbocycles. The Kier molecular flexibility index (Phi) is 9.31. The van der Waals surface area contributed by atoms with Crippen molar-refractivity contribution in [2.24, 2.45) is 11.8 Å². The summed E-state index contributed by atoms with van der Waals surface area (Å²) in [5, 5.41) is 19.2. The van der Waals surface area contributed by atoms with Crippen LogP contribution in [0, 0.1) is 11.8 Å². The third-order valence-corrected chi connectivity index (χ3v) is 10.2. The number of rotatable bonds is 12. The lowest BCUT2D eigenvalue weighted by Gasteiger charge is -2.31. The molecular formula is C42H42N4O6. The number of ether oxygens (including phenoxy) is 2. The molecule has 1 aromatic heterocycles. The minimum absolute atomic E-state index is 0.116. The first-order chi connectivity index (χ1) is 25.1. The lowest BCUT2D eigenvalue weighted by molar-refractivity contribution is -0.145. The van der Waals surface area contributed by atoms with Gasteiger partial charge in [0.25, 0.3) is 0 Å². The molecule has 2 heterocycles. The summed E-state index contributed by atoms with van der Waals surface area (Å²) in [5.74, 6) is -1.28. The van der Waals surface area contributed by atoms with Gasteiger partial charge < -0.3 is 30.1 Å². The van der Waals surface area contributed by atoms with Gasteiger partial charge in [0.15, 0.2) is 0 Å². The number of amides is 2. The van der Waals surface area contributed by atoms with Crippen LogP contribution in [0.2, 0.25) is 0 Å². The molecule has 3 N–H and O–H groups in total. The maximum absolute atomic E-state index is 14.6. The molecule has 2 aliphatic rings. The van der Waals surface area contributed by atoms with E-state index in [1.807, 2.05) is 111 Å². The predicted octanol–water partition coefficient (Wildman–Crippen LogP) is 6.69. The minimum atomic E-state index is -1.45. The van der Waals surface area contributed by atoms with E-state index in [1.54, 1.807) is 18.1 Å². The Labute approximate surface area is 302 Å². The maximum Gasteiger partial charge on any atom is 0.330 e. The van der Waals surface area contributed by atoms with Crippen LogP contribution in [-0.4, -0.2) is 70.2 Å². The number of pyridine rings is 1.